The Morgan fingerprint density at radius 3 is 2.00 bits per heavy atom. The number of nitrogens with zero attached hydrogens (tertiary/aromatic N) is 2. The van der Waals surface area contributed by atoms with Crippen LogP contribution in [0.2, 0.25) is 0 Å². The van der Waals surface area contributed by atoms with Gasteiger partial charge in [0.2, 0.25) is 0 Å². The normalized spacial score (nSPS) is 11.7. The van der Waals surface area contributed by atoms with E-state index in [-0.39, 0.29) is 11.4 Å². The summed E-state index contributed by atoms with van der Waals surface area (Å²) >= 11 is 0. The second-order valence-corrected chi connectivity index (χ2v) is 7.50. The highest BCUT2D eigenvalue weighted by Gasteiger charge is 2.18. The smallest absolute Gasteiger partial charge is 0.251 e. The van der Waals surface area contributed by atoms with Crippen molar-refractivity contribution in [2.24, 2.45) is 0 Å². The number of aromatic amines is 2. The maximum Gasteiger partial charge on any atom is 0.251 e. The Labute approximate surface area is 157 Å². The summed E-state index contributed by atoms with van der Waals surface area (Å²) in [5.74, 6) is -0.124. The summed E-state index contributed by atoms with van der Waals surface area (Å²) in [6.45, 7) is 5.87. The SMILES string of the molecule is CC(C)(C)NC(=O)c1ccc2nc(-c3ccc[nH]3)c(-c3ccc[nH]3)nc2c1. The Morgan fingerprint density at radius 1 is 0.889 bits per heavy atom. The number of benzene rings is 1. The van der Waals surface area contributed by atoms with Gasteiger partial charge in [-0.15, -0.1) is 0 Å². The number of carbonyl (C=O) groups is 1. The van der Waals surface area contributed by atoms with Gasteiger partial charge in [0.25, 0.3) is 5.91 Å². The van der Waals surface area contributed by atoms with Crippen LogP contribution in [0.3, 0.4) is 0 Å². The Bertz CT molecular complexity index is 1090. The quantitative estimate of drug-likeness (QED) is 0.514. The molecule has 1 amide bonds. The van der Waals surface area contributed by atoms with Crippen LogP contribution in [-0.4, -0.2) is 31.4 Å². The molecule has 3 N–H and O–H groups in total. The zero-order chi connectivity index (χ0) is 19.0. The topological polar surface area (TPSA) is 86.5 Å². The molecule has 0 aliphatic heterocycles. The van der Waals surface area contributed by atoms with Crippen molar-refractivity contribution in [1.29, 1.82) is 0 Å². The van der Waals surface area contributed by atoms with E-state index in [2.05, 4.69) is 15.3 Å². The van der Waals surface area contributed by atoms with Crippen LogP contribution in [0.15, 0.2) is 54.9 Å². The molecule has 0 atom stereocenters. The molecule has 0 aliphatic rings. The molecule has 0 bridgehead atoms. The van der Waals surface area contributed by atoms with Crippen molar-refractivity contribution in [2.75, 3.05) is 0 Å². The van der Waals surface area contributed by atoms with E-state index in [1.165, 1.54) is 0 Å². The summed E-state index contributed by atoms with van der Waals surface area (Å²) in [6.07, 6.45) is 3.71. The second-order valence-electron chi connectivity index (χ2n) is 7.50. The Kier molecular flexibility index (Phi) is 4.03. The number of H-pyrrole nitrogens is 2. The van der Waals surface area contributed by atoms with Crippen molar-refractivity contribution in [3.8, 4) is 22.8 Å². The molecule has 6 nitrogen and oxygen atoms in total. The van der Waals surface area contributed by atoms with Gasteiger partial charge in [0.1, 0.15) is 11.4 Å². The summed E-state index contributed by atoms with van der Waals surface area (Å²) in [6, 6.07) is 13.2. The summed E-state index contributed by atoms with van der Waals surface area (Å²) < 4.78 is 0. The Balaban J connectivity index is 1.85. The van der Waals surface area contributed by atoms with Crippen molar-refractivity contribution in [2.45, 2.75) is 26.3 Å². The largest absolute Gasteiger partial charge is 0.360 e. The predicted octanol–water partition coefficient (Wildman–Crippen LogP) is 4.15. The standard InChI is InChI=1S/C21H21N5O/c1-21(2,3)26-20(27)13-8-9-14-17(12-13)25-19(16-7-5-11-23-16)18(24-14)15-6-4-10-22-15/h4-12,22-23H,1-3H3,(H,26,27). The first-order valence-corrected chi connectivity index (χ1v) is 8.82. The summed E-state index contributed by atoms with van der Waals surface area (Å²) in [5, 5.41) is 2.98. The van der Waals surface area contributed by atoms with Gasteiger partial charge in [0.05, 0.1) is 22.4 Å². The summed E-state index contributed by atoms with van der Waals surface area (Å²) in [7, 11) is 0. The number of aromatic nitrogens is 4. The zero-order valence-electron chi connectivity index (χ0n) is 15.5. The maximum atomic E-state index is 12.5. The predicted molar refractivity (Wildman–Crippen MR) is 106 cm³/mol. The van der Waals surface area contributed by atoms with Crippen molar-refractivity contribution in [1.82, 2.24) is 25.3 Å². The van der Waals surface area contributed by atoms with Gasteiger partial charge in [-0.3, -0.25) is 4.79 Å². The molecule has 1 aromatic carbocycles. The van der Waals surface area contributed by atoms with Crippen LogP contribution >= 0.6 is 0 Å². The molecule has 0 radical (unpaired) electrons. The first-order valence-electron chi connectivity index (χ1n) is 8.82. The van der Waals surface area contributed by atoms with Crippen LogP contribution in [0.5, 0.6) is 0 Å². The molecule has 0 spiro atoms. The highest BCUT2D eigenvalue weighted by Crippen LogP contribution is 2.29. The molecule has 0 fully saturated rings. The average Bonchev–Trinajstić information content (AvgIpc) is 3.32. The van der Waals surface area contributed by atoms with Crippen LogP contribution in [0.4, 0.5) is 0 Å². The third kappa shape index (κ3) is 3.46. The molecule has 0 saturated carbocycles. The van der Waals surface area contributed by atoms with E-state index in [4.69, 9.17) is 9.97 Å². The second kappa shape index (κ2) is 6.39. The highest BCUT2D eigenvalue weighted by atomic mass is 16.1. The molecular weight excluding hydrogens is 338 g/mol. The van der Waals surface area contributed by atoms with E-state index in [9.17, 15) is 4.79 Å². The van der Waals surface area contributed by atoms with Gasteiger partial charge in [0.15, 0.2) is 0 Å². The lowest BCUT2D eigenvalue weighted by atomic mass is 10.1. The van der Waals surface area contributed by atoms with Crippen molar-refractivity contribution in [3.05, 3.63) is 60.4 Å². The van der Waals surface area contributed by atoms with Crippen molar-refractivity contribution < 1.29 is 4.79 Å². The number of fused-ring (bicyclic) bond motifs is 1. The van der Waals surface area contributed by atoms with Gasteiger partial charge in [-0.25, -0.2) is 9.97 Å². The van der Waals surface area contributed by atoms with Crippen LogP contribution in [0, 0.1) is 0 Å². The minimum Gasteiger partial charge on any atom is -0.360 e. The molecular formula is C21H21N5O. The Hall–Kier alpha value is -3.41. The molecule has 3 aromatic heterocycles. The van der Waals surface area contributed by atoms with Crippen LogP contribution in [0.1, 0.15) is 31.1 Å². The first-order chi connectivity index (χ1) is 12.9. The van der Waals surface area contributed by atoms with Crippen LogP contribution in [0.25, 0.3) is 33.8 Å². The van der Waals surface area contributed by atoms with Gasteiger partial charge in [-0.2, -0.15) is 0 Å². The fraction of sp³-hybridized carbons (Fsp3) is 0.190. The number of carbonyl (C=O) groups excluding carboxylic acids is 1. The average molecular weight is 359 g/mol. The fourth-order valence-corrected chi connectivity index (χ4v) is 2.94. The van der Waals surface area contributed by atoms with Gasteiger partial charge >= 0.3 is 0 Å². The minimum absolute atomic E-state index is 0.124. The number of hydrogen-bond acceptors (Lipinski definition) is 3. The molecule has 4 aromatic rings. The molecule has 3 heterocycles. The lowest BCUT2D eigenvalue weighted by Gasteiger charge is -2.20. The molecule has 0 aliphatic carbocycles. The highest BCUT2D eigenvalue weighted by molar-refractivity contribution is 5.98. The van der Waals surface area contributed by atoms with Gasteiger partial charge in [0, 0.05) is 23.5 Å². The first kappa shape index (κ1) is 17.0. The lowest BCUT2D eigenvalue weighted by molar-refractivity contribution is 0.0919. The lowest BCUT2D eigenvalue weighted by Crippen LogP contribution is -2.40. The summed E-state index contributed by atoms with van der Waals surface area (Å²) in [4.78, 5) is 28.5. The third-order valence-electron chi connectivity index (χ3n) is 4.12. The number of amides is 1. The summed E-state index contributed by atoms with van der Waals surface area (Å²) in [5.41, 5.74) is 4.95. The minimum atomic E-state index is -0.301. The van der Waals surface area contributed by atoms with Crippen LogP contribution < -0.4 is 5.32 Å². The van der Waals surface area contributed by atoms with E-state index in [0.29, 0.717) is 11.1 Å². The molecule has 4 rings (SSSR count). The van der Waals surface area contributed by atoms with Crippen LogP contribution in [-0.2, 0) is 0 Å². The fourth-order valence-electron chi connectivity index (χ4n) is 2.94. The molecule has 0 saturated heterocycles. The van der Waals surface area contributed by atoms with Crippen molar-refractivity contribution >= 4 is 16.9 Å². The Morgan fingerprint density at radius 2 is 1.48 bits per heavy atom. The zero-order valence-corrected chi connectivity index (χ0v) is 15.5. The monoisotopic (exact) mass is 359 g/mol. The van der Waals surface area contributed by atoms with Crippen molar-refractivity contribution in [3.63, 3.8) is 0 Å². The van der Waals surface area contributed by atoms with Gasteiger partial charge in [-0.1, -0.05) is 0 Å². The number of hydrogen-bond donors (Lipinski definition) is 3. The molecule has 0 unspecified atom stereocenters. The number of rotatable bonds is 3. The molecule has 27 heavy (non-hydrogen) atoms. The van der Waals surface area contributed by atoms with E-state index >= 15 is 0 Å². The van der Waals surface area contributed by atoms with Gasteiger partial charge < -0.3 is 15.3 Å². The molecule has 136 valence electrons. The van der Waals surface area contributed by atoms with E-state index in [1.54, 1.807) is 12.1 Å². The molecule has 6 heteroatoms. The maximum absolute atomic E-state index is 12.5. The van der Waals surface area contributed by atoms with E-state index in [0.717, 1.165) is 28.3 Å². The van der Waals surface area contributed by atoms with E-state index in [1.807, 2.05) is 63.5 Å². The third-order valence-corrected chi connectivity index (χ3v) is 4.12. The van der Waals surface area contributed by atoms with Gasteiger partial charge in [-0.05, 0) is 63.2 Å². The number of nitrogens with one attached hydrogen (secondary N) is 3. The van der Waals surface area contributed by atoms with E-state index < -0.39 is 0 Å².